The van der Waals surface area contributed by atoms with E-state index in [1.165, 1.54) is 6.33 Å². The Bertz CT molecular complexity index is 586. The number of furan rings is 1. The van der Waals surface area contributed by atoms with Crippen molar-refractivity contribution in [1.29, 1.82) is 0 Å². The molecule has 0 saturated carbocycles. The van der Waals surface area contributed by atoms with Gasteiger partial charge in [0.05, 0.1) is 17.7 Å². The molecule has 0 aliphatic heterocycles. The number of nitrogens with one attached hydrogen (secondary N) is 1. The Kier molecular flexibility index (Phi) is 4.11. The average molecular weight is 278 g/mol. The Morgan fingerprint density at radius 2 is 2.35 bits per heavy atom. The van der Waals surface area contributed by atoms with Crippen molar-refractivity contribution < 1.29 is 9.34 Å². The molecule has 2 aromatic rings. The average Bonchev–Trinajstić information content (AvgIpc) is 2.96. The van der Waals surface area contributed by atoms with Crippen LogP contribution in [0.3, 0.4) is 0 Å². The lowest BCUT2D eigenvalue weighted by atomic mass is 10.3. The van der Waals surface area contributed by atoms with Gasteiger partial charge in [-0.3, -0.25) is 10.1 Å². The second-order valence-corrected chi connectivity index (χ2v) is 3.89. The van der Waals surface area contributed by atoms with Crippen molar-refractivity contribution in [3.05, 3.63) is 40.6 Å². The second-order valence-electron chi connectivity index (χ2n) is 3.89. The van der Waals surface area contributed by atoms with E-state index in [2.05, 4.69) is 15.4 Å². The maximum absolute atomic E-state index is 11.2. The fourth-order valence-corrected chi connectivity index (χ4v) is 1.80. The Morgan fingerprint density at radius 3 is 2.90 bits per heavy atom. The Balaban J connectivity index is 2.41. The highest BCUT2D eigenvalue weighted by molar-refractivity contribution is 5.69. The van der Waals surface area contributed by atoms with E-state index in [9.17, 15) is 10.1 Å². The van der Waals surface area contributed by atoms with Crippen molar-refractivity contribution in [3.8, 4) is 0 Å². The van der Waals surface area contributed by atoms with E-state index in [1.54, 1.807) is 23.3 Å². The maximum Gasteiger partial charge on any atom is 0.354 e. The second kappa shape index (κ2) is 5.97. The molecule has 2 rings (SSSR count). The summed E-state index contributed by atoms with van der Waals surface area (Å²) in [5, 5.41) is 11.2. The van der Waals surface area contributed by atoms with Gasteiger partial charge in [-0.15, -0.1) is 0 Å². The topological polar surface area (TPSA) is 123 Å². The molecule has 0 unspecified atom stereocenters. The van der Waals surface area contributed by atoms with E-state index in [1.807, 2.05) is 6.92 Å². The fraction of sp³-hybridized carbons (Fsp3) is 0.273. The van der Waals surface area contributed by atoms with Crippen LogP contribution in [0.1, 0.15) is 12.7 Å². The number of anilines is 2. The van der Waals surface area contributed by atoms with Crippen molar-refractivity contribution in [3.63, 3.8) is 0 Å². The zero-order valence-electron chi connectivity index (χ0n) is 10.8. The summed E-state index contributed by atoms with van der Waals surface area (Å²) in [5.41, 5.74) is 1.95. The number of nitrogen functional groups attached to an aromatic ring is 1. The largest absolute Gasteiger partial charge is 0.467 e. The number of nitrogens with zero attached hydrogens (tertiary/aromatic N) is 4. The zero-order valence-corrected chi connectivity index (χ0v) is 10.8. The molecule has 2 aromatic heterocycles. The van der Waals surface area contributed by atoms with Crippen molar-refractivity contribution >= 4 is 17.3 Å². The van der Waals surface area contributed by atoms with Crippen LogP contribution in [0.15, 0.2) is 29.1 Å². The van der Waals surface area contributed by atoms with Crippen molar-refractivity contribution in [2.45, 2.75) is 13.5 Å². The third-order valence-electron chi connectivity index (χ3n) is 2.73. The molecule has 0 amide bonds. The normalized spacial score (nSPS) is 10.3. The van der Waals surface area contributed by atoms with Crippen LogP contribution in [0.4, 0.5) is 17.3 Å². The van der Waals surface area contributed by atoms with Gasteiger partial charge in [-0.25, -0.2) is 15.8 Å². The maximum atomic E-state index is 11.2. The zero-order chi connectivity index (χ0) is 14.5. The van der Waals surface area contributed by atoms with Gasteiger partial charge < -0.3 is 14.7 Å². The number of hydrogen-bond donors (Lipinski definition) is 2. The molecule has 9 nitrogen and oxygen atoms in total. The van der Waals surface area contributed by atoms with Crippen LogP contribution >= 0.6 is 0 Å². The molecule has 0 fully saturated rings. The predicted molar refractivity (Wildman–Crippen MR) is 71.9 cm³/mol. The van der Waals surface area contributed by atoms with Crippen LogP contribution in [0.25, 0.3) is 0 Å². The summed E-state index contributed by atoms with van der Waals surface area (Å²) in [6, 6.07) is 3.54. The molecular formula is C11H14N6O3. The van der Waals surface area contributed by atoms with E-state index in [0.717, 1.165) is 0 Å². The molecule has 20 heavy (non-hydrogen) atoms. The molecule has 9 heteroatoms. The number of hydrogen-bond acceptors (Lipinski definition) is 8. The predicted octanol–water partition coefficient (Wildman–Crippen LogP) is 1.29. The Hall–Kier alpha value is -2.68. The minimum Gasteiger partial charge on any atom is -0.467 e. The van der Waals surface area contributed by atoms with Crippen LogP contribution in [0.2, 0.25) is 0 Å². The van der Waals surface area contributed by atoms with Gasteiger partial charge in [-0.1, -0.05) is 0 Å². The van der Waals surface area contributed by atoms with Gasteiger partial charge in [0.2, 0.25) is 11.6 Å². The molecular weight excluding hydrogens is 264 g/mol. The number of hydrazine groups is 1. The summed E-state index contributed by atoms with van der Waals surface area (Å²) >= 11 is 0. The summed E-state index contributed by atoms with van der Waals surface area (Å²) in [6.45, 7) is 2.75. The first-order valence-electron chi connectivity index (χ1n) is 5.90. The molecule has 2 heterocycles. The number of nitro groups is 1. The van der Waals surface area contributed by atoms with Crippen LogP contribution in [-0.4, -0.2) is 21.4 Å². The van der Waals surface area contributed by atoms with Crippen molar-refractivity contribution in [1.82, 2.24) is 9.97 Å². The molecule has 0 radical (unpaired) electrons. The van der Waals surface area contributed by atoms with Crippen LogP contribution in [0, 0.1) is 10.1 Å². The molecule has 0 atom stereocenters. The smallest absolute Gasteiger partial charge is 0.354 e. The van der Waals surface area contributed by atoms with Gasteiger partial charge in [0.15, 0.2) is 0 Å². The minimum absolute atomic E-state index is 0.0297. The molecule has 0 spiro atoms. The third-order valence-corrected chi connectivity index (χ3v) is 2.73. The van der Waals surface area contributed by atoms with E-state index in [4.69, 9.17) is 10.3 Å². The number of rotatable bonds is 6. The summed E-state index contributed by atoms with van der Waals surface area (Å²) < 4.78 is 5.25. The highest BCUT2D eigenvalue weighted by Crippen LogP contribution is 2.31. The molecule has 0 aliphatic carbocycles. The van der Waals surface area contributed by atoms with Crippen molar-refractivity contribution in [2.75, 3.05) is 16.9 Å². The number of aromatic nitrogens is 2. The molecule has 3 N–H and O–H groups in total. The van der Waals surface area contributed by atoms with E-state index in [0.29, 0.717) is 18.8 Å². The molecule has 0 bridgehead atoms. The lowest BCUT2D eigenvalue weighted by molar-refractivity contribution is -0.383. The van der Waals surface area contributed by atoms with Crippen LogP contribution in [0.5, 0.6) is 0 Å². The van der Waals surface area contributed by atoms with Gasteiger partial charge in [-0.05, 0) is 19.1 Å². The molecule has 0 aliphatic rings. The van der Waals surface area contributed by atoms with Crippen LogP contribution < -0.4 is 16.2 Å². The quantitative estimate of drug-likeness (QED) is 0.460. The first-order chi connectivity index (χ1) is 9.67. The monoisotopic (exact) mass is 278 g/mol. The highest BCUT2D eigenvalue weighted by atomic mass is 16.6. The third kappa shape index (κ3) is 2.67. The van der Waals surface area contributed by atoms with Gasteiger partial charge in [0.25, 0.3) is 0 Å². The van der Waals surface area contributed by atoms with Crippen molar-refractivity contribution in [2.24, 2.45) is 5.84 Å². The lowest BCUT2D eigenvalue weighted by Gasteiger charge is -2.20. The van der Waals surface area contributed by atoms with Gasteiger partial charge in [0.1, 0.15) is 12.1 Å². The summed E-state index contributed by atoms with van der Waals surface area (Å²) in [6.07, 6.45) is 2.77. The van der Waals surface area contributed by atoms with Gasteiger partial charge in [-0.2, -0.15) is 0 Å². The summed E-state index contributed by atoms with van der Waals surface area (Å²) in [5.74, 6) is 6.10. The first kappa shape index (κ1) is 13.7. The van der Waals surface area contributed by atoms with Gasteiger partial charge >= 0.3 is 5.69 Å². The fourth-order valence-electron chi connectivity index (χ4n) is 1.80. The SMILES string of the molecule is CCN(Cc1ccco1)c1ncnc(NN)c1[N+](=O)[O-]. The van der Waals surface area contributed by atoms with Gasteiger partial charge in [0, 0.05) is 6.54 Å². The van der Waals surface area contributed by atoms with E-state index in [-0.39, 0.29) is 17.3 Å². The lowest BCUT2D eigenvalue weighted by Crippen LogP contribution is -2.25. The Morgan fingerprint density at radius 1 is 1.55 bits per heavy atom. The highest BCUT2D eigenvalue weighted by Gasteiger charge is 2.26. The van der Waals surface area contributed by atoms with Crippen LogP contribution in [-0.2, 0) is 6.54 Å². The molecule has 106 valence electrons. The first-order valence-corrected chi connectivity index (χ1v) is 5.90. The summed E-state index contributed by atoms with van der Waals surface area (Å²) in [4.78, 5) is 20.1. The number of nitrogens with two attached hydrogens (primary N) is 1. The molecule has 0 saturated heterocycles. The van der Waals surface area contributed by atoms with E-state index >= 15 is 0 Å². The minimum atomic E-state index is -0.560. The Labute approximate surface area is 114 Å². The molecule has 0 aromatic carbocycles. The standard InChI is InChI=1S/C11H14N6O3/c1-2-16(6-8-4-3-5-20-8)11-9(17(18)19)10(15-12)13-7-14-11/h3-5,7H,2,6,12H2,1H3,(H,13,14,15). The summed E-state index contributed by atoms with van der Waals surface area (Å²) in [7, 11) is 0. The van der Waals surface area contributed by atoms with E-state index < -0.39 is 4.92 Å².